The van der Waals surface area contributed by atoms with Crippen LogP contribution in [0.1, 0.15) is 34.7 Å². The molecule has 1 aromatic rings. The Morgan fingerprint density at radius 2 is 2.31 bits per heavy atom. The minimum absolute atomic E-state index is 0.0103. The van der Waals surface area contributed by atoms with Gasteiger partial charge in [-0.05, 0) is 36.1 Å². The van der Waals surface area contributed by atoms with Crippen LogP contribution in [0.5, 0.6) is 5.75 Å². The molecule has 0 fully saturated rings. The van der Waals surface area contributed by atoms with E-state index in [0.29, 0.717) is 11.3 Å². The third-order valence-corrected chi connectivity index (χ3v) is 2.84. The Labute approximate surface area is 92.8 Å². The molecule has 0 spiro atoms. The zero-order valence-electron chi connectivity index (χ0n) is 8.86. The number of aliphatic carboxylic acids is 1. The maximum Gasteiger partial charge on any atom is 0.163 e. The molecule has 84 valence electrons. The van der Waals surface area contributed by atoms with Gasteiger partial charge in [0.25, 0.3) is 0 Å². The van der Waals surface area contributed by atoms with E-state index < -0.39 is 5.97 Å². The largest absolute Gasteiger partial charge is 0.550 e. The van der Waals surface area contributed by atoms with Gasteiger partial charge in [-0.1, -0.05) is 0 Å². The van der Waals surface area contributed by atoms with E-state index in [-0.39, 0.29) is 24.5 Å². The third kappa shape index (κ3) is 1.78. The minimum Gasteiger partial charge on any atom is -0.550 e. The number of carbonyl (C=O) groups is 2. The molecule has 2 rings (SSSR count). The van der Waals surface area contributed by atoms with Gasteiger partial charge in [0.05, 0.1) is 7.11 Å². The van der Waals surface area contributed by atoms with E-state index >= 15 is 0 Å². The van der Waals surface area contributed by atoms with Crippen LogP contribution in [0.2, 0.25) is 0 Å². The summed E-state index contributed by atoms with van der Waals surface area (Å²) in [6.45, 7) is 0. The number of carboxylic acid groups (broad SMARTS) is 1. The van der Waals surface area contributed by atoms with Crippen molar-refractivity contribution in [3.63, 3.8) is 0 Å². The van der Waals surface area contributed by atoms with Crippen molar-refractivity contribution in [1.29, 1.82) is 0 Å². The number of hydrogen-bond donors (Lipinski definition) is 0. The predicted molar refractivity (Wildman–Crippen MR) is 54.3 cm³/mol. The number of carbonyl (C=O) groups excluding carboxylic acids is 2. The molecular formula is C12H11O4-. The summed E-state index contributed by atoms with van der Waals surface area (Å²) in [5.41, 5.74) is 1.36. The second-order valence-corrected chi connectivity index (χ2v) is 3.85. The van der Waals surface area contributed by atoms with Gasteiger partial charge in [-0.3, -0.25) is 4.79 Å². The Balaban J connectivity index is 2.38. The van der Waals surface area contributed by atoms with Gasteiger partial charge in [-0.2, -0.15) is 0 Å². The summed E-state index contributed by atoms with van der Waals surface area (Å²) in [4.78, 5) is 22.2. The highest BCUT2D eigenvalue weighted by molar-refractivity contribution is 6.01. The van der Waals surface area contributed by atoms with Crippen molar-refractivity contribution in [3.05, 3.63) is 29.3 Å². The Morgan fingerprint density at radius 1 is 1.56 bits per heavy atom. The fourth-order valence-electron chi connectivity index (χ4n) is 2.09. The molecule has 0 bridgehead atoms. The van der Waals surface area contributed by atoms with Gasteiger partial charge in [0.15, 0.2) is 5.78 Å². The lowest BCUT2D eigenvalue weighted by Gasteiger charge is -2.11. The Morgan fingerprint density at radius 3 is 2.94 bits per heavy atom. The monoisotopic (exact) mass is 219 g/mol. The number of rotatable bonds is 3. The van der Waals surface area contributed by atoms with Crippen molar-refractivity contribution in [2.24, 2.45) is 0 Å². The third-order valence-electron chi connectivity index (χ3n) is 2.84. The molecule has 0 unspecified atom stereocenters. The molecule has 0 aliphatic heterocycles. The standard InChI is InChI=1S/C12H12O4/c1-16-8-2-3-9-10(6-8)7(4-11(9)13)5-12(14)15/h2-3,6-7H,4-5H2,1H3,(H,14,15)/p-1/t7-/m0/s1. The van der Waals surface area contributed by atoms with Crippen LogP contribution in [-0.4, -0.2) is 18.9 Å². The summed E-state index contributed by atoms with van der Waals surface area (Å²) in [6.07, 6.45) is 0.127. The normalized spacial score (nSPS) is 18.3. The molecule has 4 heteroatoms. The van der Waals surface area contributed by atoms with E-state index in [2.05, 4.69) is 0 Å². The van der Waals surface area contributed by atoms with Crippen LogP contribution in [0, 0.1) is 0 Å². The van der Waals surface area contributed by atoms with Crippen LogP contribution in [0.25, 0.3) is 0 Å². The predicted octanol–water partition coefficient (Wildman–Crippen LogP) is 0.505. The average Bonchev–Trinajstić information content (AvgIpc) is 2.54. The maximum atomic E-state index is 11.6. The molecule has 1 atom stereocenters. The minimum atomic E-state index is -1.13. The highest BCUT2D eigenvalue weighted by Crippen LogP contribution is 2.37. The van der Waals surface area contributed by atoms with E-state index in [1.54, 1.807) is 18.2 Å². The van der Waals surface area contributed by atoms with E-state index in [0.717, 1.165) is 5.56 Å². The van der Waals surface area contributed by atoms with E-state index in [1.807, 2.05) is 0 Å². The van der Waals surface area contributed by atoms with Crippen LogP contribution in [-0.2, 0) is 4.79 Å². The summed E-state index contributed by atoms with van der Waals surface area (Å²) in [5, 5.41) is 10.6. The average molecular weight is 219 g/mol. The lowest BCUT2D eigenvalue weighted by atomic mass is 9.98. The first-order valence-corrected chi connectivity index (χ1v) is 5.03. The fourth-order valence-corrected chi connectivity index (χ4v) is 2.09. The molecule has 1 aliphatic carbocycles. The number of benzene rings is 1. The van der Waals surface area contributed by atoms with Gasteiger partial charge < -0.3 is 14.6 Å². The summed E-state index contributed by atoms with van der Waals surface area (Å²) in [6, 6.07) is 5.12. The van der Waals surface area contributed by atoms with Gasteiger partial charge in [-0.15, -0.1) is 0 Å². The number of hydrogen-bond acceptors (Lipinski definition) is 4. The number of ether oxygens (including phenoxy) is 1. The smallest absolute Gasteiger partial charge is 0.163 e. The highest BCUT2D eigenvalue weighted by Gasteiger charge is 2.29. The fraction of sp³-hybridized carbons (Fsp3) is 0.333. The molecule has 0 aromatic heterocycles. The van der Waals surface area contributed by atoms with Crippen molar-refractivity contribution in [3.8, 4) is 5.75 Å². The first-order valence-electron chi connectivity index (χ1n) is 5.03. The number of Topliss-reactive ketones (excluding diaryl/α,β-unsaturated/α-hetero) is 1. The topological polar surface area (TPSA) is 66.4 Å². The molecule has 0 saturated carbocycles. The lowest BCUT2D eigenvalue weighted by Crippen LogP contribution is -2.24. The Hall–Kier alpha value is -1.84. The molecule has 0 saturated heterocycles. The van der Waals surface area contributed by atoms with Crippen LogP contribution in [0.4, 0.5) is 0 Å². The summed E-state index contributed by atoms with van der Waals surface area (Å²) >= 11 is 0. The molecule has 0 heterocycles. The highest BCUT2D eigenvalue weighted by atomic mass is 16.5. The Kier molecular flexibility index (Phi) is 2.64. The second kappa shape index (κ2) is 3.96. The lowest BCUT2D eigenvalue weighted by molar-refractivity contribution is -0.306. The maximum absolute atomic E-state index is 11.6. The quantitative estimate of drug-likeness (QED) is 0.742. The van der Waals surface area contributed by atoms with Gasteiger partial charge >= 0.3 is 0 Å². The van der Waals surface area contributed by atoms with Gasteiger partial charge in [0.1, 0.15) is 5.75 Å². The molecule has 1 aliphatic rings. The SMILES string of the molecule is COc1ccc2c(c1)[C@H](CC(=O)[O-])CC2=O. The van der Waals surface area contributed by atoms with Crippen molar-refractivity contribution in [2.45, 2.75) is 18.8 Å². The van der Waals surface area contributed by atoms with E-state index in [9.17, 15) is 14.7 Å². The van der Waals surface area contributed by atoms with Crippen molar-refractivity contribution in [2.75, 3.05) is 7.11 Å². The first kappa shape index (κ1) is 10.7. The summed E-state index contributed by atoms with van der Waals surface area (Å²) in [7, 11) is 1.53. The van der Waals surface area contributed by atoms with Crippen LogP contribution in [0.15, 0.2) is 18.2 Å². The van der Waals surface area contributed by atoms with Crippen molar-refractivity contribution >= 4 is 11.8 Å². The molecule has 0 radical (unpaired) electrons. The van der Waals surface area contributed by atoms with Gasteiger partial charge in [0.2, 0.25) is 0 Å². The summed E-state index contributed by atoms with van der Waals surface area (Å²) in [5.74, 6) is -0.781. The van der Waals surface area contributed by atoms with Gasteiger partial charge in [-0.25, -0.2) is 0 Å². The van der Waals surface area contributed by atoms with Crippen LogP contribution < -0.4 is 9.84 Å². The Bertz CT molecular complexity index is 448. The van der Waals surface area contributed by atoms with E-state index in [4.69, 9.17) is 4.74 Å². The molecular weight excluding hydrogens is 208 g/mol. The summed E-state index contributed by atoms with van der Waals surface area (Å²) < 4.78 is 5.05. The molecule has 16 heavy (non-hydrogen) atoms. The molecule has 4 nitrogen and oxygen atoms in total. The number of ketones is 1. The number of carboxylic acids is 1. The van der Waals surface area contributed by atoms with Crippen LogP contribution in [0.3, 0.4) is 0 Å². The van der Waals surface area contributed by atoms with Crippen molar-refractivity contribution in [1.82, 2.24) is 0 Å². The second-order valence-electron chi connectivity index (χ2n) is 3.85. The van der Waals surface area contributed by atoms with Gasteiger partial charge in [0, 0.05) is 18.0 Å². The number of fused-ring (bicyclic) bond motifs is 1. The zero-order valence-corrected chi connectivity index (χ0v) is 8.86. The number of methoxy groups -OCH3 is 1. The zero-order chi connectivity index (χ0) is 11.7. The molecule has 0 N–H and O–H groups in total. The molecule has 0 amide bonds. The van der Waals surface area contributed by atoms with Crippen molar-refractivity contribution < 1.29 is 19.4 Å². The van der Waals surface area contributed by atoms with Crippen LogP contribution >= 0.6 is 0 Å². The molecule has 1 aromatic carbocycles. The van der Waals surface area contributed by atoms with E-state index in [1.165, 1.54) is 7.11 Å². The first-order chi connectivity index (χ1) is 7.61.